The Balaban J connectivity index is 1.68. The van der Waals surface area contributed by atoms with Gasteiger partial charge in [-0.25, -0.2) is 0 Å². The molecule has 0 spiro atoms. The topological polar surface area (TPSA) is 61.4 Å². The van der Waals surface area contributed by atoms with E-state index in [4.69, 9.17) is 0 Å². The van der Waals surface area contributed by atoms with E-state index >= 15 is 0 Å². The Labute approximate surface area is 155 Å². The molecule has 0 saturated heterocycles. The average Bonchev–Trinajstić information content (AvgIpc) is 2.64. The van der Waals surface area contributed by atoms with Crippen LogP contribution in [-0.4, -0.2) is 38.0 Å². The molecule has 0 atom stereocenters. The van der Waals surface area contributed by atoms with Crippen molar-refractivity contribution in [3.8, 4) is 0 Å². The second-order valence-corrected chi connectivity index (χ2v) is 6.21. The molecular formula is C21H27N3O2. The van der Waals surface area contributed by atoms with Crippen molar-refractivity contribution in [3.05, 3.63) is 65.7 Å². The smallest absolute Gasteiger partial charge is 0.239 e. The number of nitrogens with one attached hydrogen (secondary N) is 2. The Hall–Kier alpha value is -2.82. The minimum Gasteiger partial charge on any atom is -0.370 e. The quantitative estimate of drug-likeness (QED) is 0.727. The third-order valence-corrected chi connectivity index (χ3v) is 4.11. The monoisotopic (exact) mass is 353 g/mol. The lowest BCUT2D eigenvalue weighted by molar-refractivity contribution is -0.125. The molecule has 2 aromatic carbocycles. The van der Waals surface area contributed by atoms with Gasteiger partial charge in [-0.15, -0.1) is 0 Å². The van der Waals surface area contributed by atoms with Crippen molar-refractivity contribution in [2.24, 2.45) is 0 Å². The van der Waals surface area contributed by atoms with Gasteiger partial charge in [0.25, 0.3) is 0 Å². The maximum atomic E-state index is 11.9. The summed E-state index contributed by atoms with van der Waals surface area (Å²) in [5, 5.41) is 5.51. The summed E-state index contributed by atoms with van der Waals surface area (Å²) < 4.78 is 0. The number of nitrogens with zero attached hydrogens (tertiary/aromatic N) is 1. The molecule has 0 bridgehead atoms. The van der Waals surface area contributed by atoms with Crippen molar-refractivity contribution in [1.82, 2.24) is 10.6 Å². The fourth-order valence-electron chi connectivity index (χ4n) is 2.71. The molecule has 2 aromatic rings. The van der Waals surface area contributed by atoms with E-state index < -0.39 is 0 Å². The van der Waals surface area contributed by atoms with Crippen LogP contribution in [0.25, 0.3) is 0 Å². The molecule has 0 heterocycles. The Morgan fingerprint density at radius 3 is 2.42 bits per heavy atom. The summed E-state index contributed by atoms with van der Waals surface area (Å²) in [4.78, 5) is 26.0. The van der Waals surface area contributed by atoms with Crippen LogP contribution in [0.2, 0.25) is 0 Å². The highest BCUT2D eigenvalue weighted by molar-refractivity contribution is 5.85. The number of likely N-dealkylation sites (N-methyl/N-ethyl adjacent to an activating group) is 1. The number of rotatable bonds is 9. The first-order chi connectivity index (χ1) is 12.6. The van der Waals surface area contributed by atoms with Crippen molar-refractivity contribution in [3.63, 3.8) is 0 Å². The maximum Gasteiger partial charge on any atom is 0.239 e. The molecule has 0 radical (unpaired) electrons. The highest BCUT2D eigenvalue weighted by Crippen LogP contribution is 2.14. The molecule has 0 fully saturated rings. The largest absolute Gasteiger partial charge is 0.370 e. The molecule has 138 valence electrons. The van der Waals surface area contributed by atoms with E-state index in [9.17, 15) is 9.59 Å². The molecule has 2 amide bonds. The molecule has 0 aromatic heterocycles. The molecule has 0 aliphatic carbocycles. The van der Waals surface area contributed by atoms with Gasteiger partial charge >= 0.3 is 0 Å². The zero-order chi connectivity index (χ0) is 18.8. The van der Waals surface area contributed by atoms with Gasteiger partial charge in [0.1, 0.15) is 0 Å². The Kier molecular flexibility index (Phi) is 7.68. The van der Waals surface area contributed by atoms with Crippen molar-refractivity contribution in [2.75, 3.05) is 31.1 Å². The van der Waals surface area contributed by atoms with Crippen molar-refractivity contribution in [2.45, 2.75) is 20.3 Å². The third kappa shape index (κ3) is 6.59. The summed E-state index contributed by atoms with van der Waals surface area (Å²) in [6.07, 6.45) is 0.283. The van der Waals surface area contributed by atoms with Crippen LogP contribution in [0.5, 0.6) is 0 Å². The molecular weight excluding hydrogens is 326 g/mol. The molecule has 2 N–H and O–H groups in total. The van der Waals surface area contributed by atoms with Gasteiger partial charge in [-0.1, -0.05) is 42.5 Å². The van der Waals surface area contributed by atoms with Gasteiger partial charge in [0.05, 0.1) is 13.0 Å². The Morgan fingerprint density at radius 2 is 1.73 bits per heavy atom. The lowest BCUT2D eigenvalue weighted by Crippen LogP contribution is -2.41. The van der Waals surface area contributed by atoms with Gasteiger partial charge in [0.2, 0.25) is 11.8 Å². The van der Waals surface area contributed by atoms with Crippen LogP contribution in [0.4, 0.5) is 5.69 Å². The lowest BCUT2D eigenvalue weighted by atomic mass is 10.1. The standard InChI is InChI=1S/C21H27N3O2/c1-3-24(19-11-7-8-17(2)14-19)13-12-22-21(26)16-23-20(25)15-18-9-5-4-6-10-18/h4-11,14H,3,12-13,15-16H2,1-2H3,(H,22,26)(H,23,25). The van der Waals surface area contributed by atoms with Crippen molar-refractivity contribution in [1.29, 1.82) is 0 Å². The van der Waals surface area contributed by atoms with E-state index in [2.05, 4.69) is 47.6 Å². The van der Waals surface area contributed by atoms with Crippen LogP contribution in [0.1, 0.15) is 18.1 Å². The van der Waals surface area contributed by atoms with Crippen molar-refractivity contribution >= 4 is 17.5 Å². The van der Waals surface area contributed by atoms with Crippen LogP contribution in [0.3, 0.4) is 0 Å². The van der Waals surface area contributed by atoms with E-state index in [0.717, 1.165) is 24.3 Å². The van der Waals surface area contributed by atoms with E-state index in [1.807, 2.05) is 36.4 Å². The molecule has 26 heavy (non-hydrogen) atoms. The van der Waals surface area contributed by atoms with Gasteiger partial charge in [-0.3, -0.25) is 9.59 Å². The molecule has 0 aliphatic heterocycles. The first-order valence-electron chi connectivity index (χ1n) is 8.97. The van der Waals surface area contributed by atoms with Crippen LogP contribution < -0.4 is 15.5 Å². The normalized spacial score (nSPS) is 10.2. The number of carbonyl (C=O) groups excluding carboxylic acids is 2. The molecule has 0 unspecified atom stereocenters. The van der Waals surface area contributed by atoms with Gasteiger partial charge in [-0.05, 0) is 37.1 Å². The van der Waals surface area contributed by atoms with Gasteiger partial charge in [0, 0.05) is 25.3 Å². The number of hydrogen-bond donors (Lipinski definition) is 2. The molecule has 0 aliphatic rings. The SMILES string of the molecule is CCN(CCNC(=O)CNC(=O)Cc1ccccc1)c1cccc(C)c1. The number of hydrogen-bond acceptors (Lipinski definition) is 3. The average molecular weight is 353 g/mol. The highest BCUT2D eigenvalue weighted by atomic mass is 16.2. The van der Waals surface area contributed by atoms with Gasteiger partial charge < -0.3 is 15.5 Å². The lowest BCUT2D eigenvalue weighted by Gasteiger charge is -2.23. The zero-order valence-corrected chi connectivity index (χ0v) is 15.5. The van der Waals surface area contributed by atoms with Gasteiger partial charge in [-0.2, -0.15) is 0 Å². The second kappa shape index (κ2) is 10.2. The summed E-state index contributed by atoms with van der Waals surface area (Å²) in [6.45, 7) is 6.29. The number of amides is 2. The minimum atomic E-state index is -0.174. The van der Waals surface area contributed by atoms with Gasteiger partial charge in [0.15, 0.2) is 0 Å². The fraction of sp³-hybridized carbons (Fsp3) is 0.333. The molecule has 5 nitrogen and oxygen atoms in total. The summed E-state index contributed by atoms with van der Waals surface area (Å²) >= 11 is 0. The highest BCUT2D eigenvalue weighted by Gasteiger charge is 2.08. The molecule has 0 saturated carbocycles. The van der Waals surface area contributed by atoms with Crippen LogP contribution in [0, 0.1) is 6.92 Å². The first kappa shape index (κ1) is 19.5. The van der Waals surface area contributed by atoms with E-state index in [0.29, 0.717) is 6.54 Å². The molecule has 5 heteroatoms. The Morgan fingerprint density at radius 1 is 0.962 bits per heavy atom. The number of aryl methyl sites for hydroxylation is 1. The van der Waals surface area contributed by atoms with Crippen LogP contribution in [-0.2, 0) is 16.0 Å². The second-order valence-electron chi connectivity index (χ2n) is 6.21. The number of anilines is 1. The van der Waals surface area contributed by atoms with E-state index in [-0.39, 0.29) is 24.8 Å². The predicted octanol–water partition coefficient (Wildman–Crippen LogP) is 2.30. The van der Waals surface area contributed by atoms with E-state index in [1.54, 1.807) is 0 Å². The third-order valence-electron chi connectivity index (χ3n) is 4.11. The Bertz CT molecular complexity index is 716. The number of benzene rings is 2. The minimum absolute atomic E-state index is 0.00222. The molecule has 2 rings (SSSR count). The van der Waals surface area contributed by atoms with E-state index in [1.165, 1.54) is 5.56 Å². The fourth-order valence-corrected chi connectivity index (χ4v) is 2.71. The summed E-state index contributed by atoms with van der Waals surface area (Å²) in [7, 11) is 0. The summed E-state index contributed by atoms with van der Waals surface area (Å²) in [6, 6.07) is 17.8. The first-order valence-corrected chi connectivity index (χ1v) is 8.97. The summed E-state index contributed by atoms with van der Waals surface area (Å²) in [5.41, 5.74) is 3.30. The number of carbonyl (C=O) groups is 2. The summed E-state index contributed by atoms with van der Waals surface area (Å²) in [5.74, 6) is -0.326. The van der Waals surface area contributed by atoms with Crippen molar-refractivity contribution < 1.29 is 9.59 Å². The predicted molar refractivity (Wildman–Crippen MR) is 105 cm³/mol. The zero-order valence-electron chi connectivity index (χ0n) is 15.5. The van der Waals surface area contributed by atoms with Crippen LogP contribution >= 0.6 is 0 Å². The van der Waals surface area contributed by atoms with Crippen LogP contribution in [0.15, 0.2) is 54.6 Å². The maximum absolute atomic E-state index is 11.9.